The number of carbonyl (C=O) groups is 1. The second-order valence-electron chi connectivity index (χ2n) is 8.62. The molecule has 154 valence electrons. The highest BCUT2D eigenvalue weighted by atomic mass is 19.1. The van der Waals surface area contributed by atoms with Crippen molar-refractivity contribution in [1.82, 2.24) is 14.7 Å². The van der Waals surface area contributed by atoms with E-state index in [1.807, 2.05) is 35.2 Å². The number of likely N-dealkylation sites (tertiary alicyclic amines) is 1. The van der Waals surface area contributed by atoms with E-state index in [0.29, 0.717) is 5.56 Å². The van der Waals surface area contributed by atoms with E-state index in [4.69, 9.17) is 0 Å². The van der Waals surface area contributed by atoms with Crippen molar-refractivity contribution in [2.24, 2.45) is 0 Å². The molecule has 2 aliphatic rings. The van der Waals surface area contributed by atoms with Gasteiger partial charge in [-0.15, -0.1) is 0 Å². The number of rotatable bonds is 2. The fourth-order valence-corrected chi connectivity index (χ4v) is 4.72. The number of hydrogen-bond donors (Lipinski definition) is 0. The van der Waals surface area contributed by atoms with Crippen molar-refractivity contribution >= 4 is 5.91 Å². The fourth-order valence-electron chi connectivity index (χ4n) is 4.72. The van der Waals surface area contributed by atoms with E-state index in [2.05, 4.69) is 23.9 Å². The molecule has 29 heavy (non-hydrogen) atoms. The van der Waals surface area contributed by atoms with Crippen LogP contribution in [-0.4, -0.2) is 73.0 Å². The number of amides is 1. The molecular weight excluding hydrogens is 365 g/mol. The van der Waals surface area contributed by atoms with Crippen molar-refractivity contribution in [2.75, 3.05) is 46.8 Å². The first-order valence-electron chi connectivity index (χ1n) is 10.5. The first-order chi connectivity index (χ1) is 14.0. The smallest absolute Gasteiger partial charge is 0.253 e. The molecule has 0 saturated carbocycles. The fraction of sp³-hybridized carbons (Fsp3) is 0.458. The Kier molecular flexibility index (Phi) is 5.70. The molecule has 2 aliphatic heterocycles. The summed E-state index contributed by atoms with van der Waals surface area (Å²) < 4.78 is 13.6. The SMILES string of the molecule is CN1CCC2(CC1)CN(C(=O)c1cccc(-c3cccc(F)c3)c1)CCCN2C. The van der Waals surface area contributed by atoms with Crippen molar-refractivity contribution in [3.8, 4) is 11.1 Å². The van der Waals surface area contributed by atoms with Crippen molar-refractivity contribution in [2.45, 2.75) is 24.8 Å². The first-order valence-corrected chi connectivity index (χ1v) is 10.5. The molecule has 1 amide bonds. The number of likely N-dealkylation sites (N-methyl/N-ethyl adjacent to an activating group) is 1. The minimum absolute atomic E-state index is 0.0683. The summed E-state index contributed by atoms with van der Waals surface area (Å²) in [6, 6.07) is 14.1. The van der Waals surface area contributed by atoms with E-state index in [-0.39, 0.29) is 17.3 Å². The third-order valence-corrected chi connectivity index (χ3v) is 6.69. The van der Waals surface area contributed by atoms with Crippen LogP contribution in [0.3, 0.4) is 0 Å². The molecule has 0 N–H and O–H groups in total. The molecule has 4 rings (SSSR count). The molecule has 2 fully saturated rings. The van der Waals surface area contributed by atoms with Crippen LogP contribution < -0.4 is 0 Å². The molecule has 2 heterocycles. The molecule has 0 radical (unpaired) electrons. The molecule has 1 spiro atoms. The number of benzene rings is 2. The number of nitrogens with zero attached hydrogens (tertiary/aromatic N) is 3. The van der Waals surface area contributed by atoms with E-state index in [9.17, 15) is 9.18 Å². The highest BCUT2D eigenvalue weighted by molar-refractivity contribution is 5.95. The Morgan fingerprint density at radius 2 is 1.62 bits per heavy atom. The zero-order chi connectivity index (χ0) is 20.4. The maximum atomic E-state index is 13.6. The zero-order valence-electron chi connectivity index (χ0n) is 17.4. The summed E-state index contributed by atoms with van der Waals surface area (Å²) in [6.45, 7) is 4.73. The molecule has 0 bridgehead atoms. The average molecular weight is 396 g/mol. The number of piperidine rings is 1. The first kappa shape index (κ1) is 20.0. The lowest BCUT2D eigenvalue weighted by atomic mass is 9.85. The van der Waals surface area contributed by atoms with Crippen molar-refractivity contribution < 1.29 is 9.18 Å². The molecule has 0 aromatic heterocycles. The highest BCUT2D eigenvalue weighted by Gasteiger charge is 2.41. The Morgan fingerprint density at radius 3 is 2.34 bits per heavy atom. The predicted molar refractivity (Wildman–Crippen MR) is 114 cm³/mol. The molecule has 0 atom stereocenters. The van der Waals surface area contributed by atoms with Gasteiger partial charge in [0.25, 0.3) is 5.91 Å². The Bertz CT molecular complexity index is 876. The van der Waals surface area contributed by atoms with Crippen LogP contribution in [0.4, 0.5) is 4.39 Å². The van der Waals surface area contributed by atoms with Gasteiger partial charge in [-0.25, -0.2) is 4.39 Å². The maximum Gasteiger partial charge on any atom is 0.253 e. The Labute approximate surface area is 172 Å². The summed E-state index contributed by atoms with van der Waals surface area (Å²) in [6.07, 6.45) is 3.17. The second kappa shape index (κ2) is 8.25. The topological polar surface area (TPSA) is 26.8 Å². The van der Waals surface area contributed by atoms with Gasteiger partial charge in [0.2, 0.25) is 0 Å². The number of halogens is 1. The van der Waals surface area contributed by atoms with Crippen LogP contribution in [0.25, 0.3) is 11.1 Å². The van der Waals surface area contributed by atoms with Gasteiger partial charge in [0, 0.05) is 30.7 Å². The molecule has 2 aromatic rings. The van der Waals surface area contributed by atoms with Crippen molar-refractivity contribution in [1.29, 1.82) is 0 Å². The van der Waals surface area contributed by atoms with Gasteiger partial charge in [-0.1, -0.05) is 24.3 Å². The van der Waals surface area contributed by atoms with E-state index in [1.54, 1.807) is 6.07 Å². The van der Waals surface area contributed by atoms with Gasteiger partial charge in [-0.2, -0.15) is 0 Å². The van der Waals surface area contributed by atoms with Crippen molar-refractivity contribution in [3.05, 3.63) is 59.9 Å². The van der Waals surface area contributed by atoms with Gasteiger partial charge in [0.15, 0.2) is 0 Å². The summed E-state index contributed by atoms with van der Waals surface area (Å²) in [4.78, 5) is 20.3. The molecule has 0 unspecified atom stereocenters. The predicted octanol–water partition coefficient (Wildman–Crippen LogP) is 3.73. The summed E-state index contributed by atoms with van der Waals surface area (Å²) in [5.74, 6) is -0.184. The average Bonchev–Trinajstić information content (AvgIpc) is 2.89. The highest BCUT2D eigenvalue weighted by Crippen LogP contribution is 2.31. The summed E-state index contributed by atoms with van der Waals surface area (Å²) in [5, 5.41) is 0. The number of carbonyl (C=O) groups excluding carboxylic acids is 1. The largest absolute Gasteiger partial charge is 0.337 e. The monoisotopic (exact) mass is 395 g/mol. The lowest BCUT2D eigenvalue weighted by molar-refractivity contribution is 0.0317. The summed E-state index contributed by atoms with van der Waals surface area (Å²) in [7, 11) is 4.38. The zero-order valence-corrected chi connectivity index (χ0v) is 17.4. The quantitative estimate of drug-likeness (QED) is 0.775. The minimum atomic E-state index is -0.265. The lowest BCUT2D eigenvalue weighted by Gasteiger charge is -2.47. The van der Waals surface area contributed by atoms with Crippen molar-refractivity contribution in [3.63, 3.8) is 0 Å². The third-order valence-electron chi connectivity index (χ3n) is 6.69. The van der Waals surface area contributed by atoms with Gasteiger partial charge in [-0.3, -0.25) is 9.69 Å². The second-order valence-corrected chi connectivity index (χ2v) is 8.62. The van der Waals surface area contributed by atoms with Gasteiger partial charge in [-0.05, 0) is 81.8 Å². The lowest BCUT2D eigenvalue weighted by Crippen LogP contribution is -2.58. The van der Waals surface area contributed by atoms with Crippen LogP contribution in [-0.2, 0) is 0 Å². The van der Waals surface area contributed by atoms with Crippen LogP contribution in [0.1, 0.15) is 29.6 Å². The van der Waals surface area contributed by atoms with Gasteiger partial charge in [0.05, 0.1) is 0 Å². The molecule has 4 nitrogen and oxygen atoms in total. The van der Waals surface area contributed by atoms with Crippen LogP contribution in [0, 0.1) is 5.82 Å². The number of hydrogen-bond acceptors (Lipinski definition) is 3. The Morgan fingerprint density at radius 1 is 0.931 bits per heavy atom. The van der Waals surface area contributed by atoms with Gasteiger partial charge in [0.1, 0.15) is 5.82 Å². The molecule has 2 aromatic carbocycles. The Balaban J connectivity index is 1.58. The van der Waals surface area contributed by atoms with Crippen LogP contribution >= 0.6 is 0 Å². The molecule has 0 aliphatic carbocycles. The van der Waals surface area contributed by atoms with E-state index in [1.165, 1.54) is 12.1 Å². The summed E-state index contributed by atoms with van der Waals surface area (Å²) >= 11 is 0. The maximum absolute atomic E-state index is 13.6. The summed E-state index contributed by atoms with van der Waals surface area (Å²) in [5.41, 5.74) is 2.41. The Hall–Kier alpha value is -2.24. The standard InChI is InChI=1S/C24H30FN3O/c1-26-14-10-24(11-15-26)18-28(13-5-12-27(24)2)23(29)21-8-3-6-19(16-21)20-7-4-9-22(25)17-20/h3-4,6-9,16-17H,5,10-15,18H2,1-2H3. The van der Waals surface area contributed by atoms with Crippen LogP contribution in [0.15, 0.2) is 48.5 Å². The molecular formula is C24H30FN3O. The minimum Gasteiger partial charge on any atom is -0.337 e. The van der Waals surface area contributed by atoms with Crippen LogP contribution in [0.5, 0.6) is 0 Å². The van der Waals surface area contributed by atoms with Gasteiger partial charge < -0.3 is 9.80 Å². The molecule has 5 heteroatoms. The third kappa shape index (κ3) is 4.21. The van der Waals surface area contributed by atoms with Crippen LogP contribution in [0.2, 0.25) is 0 Å². The van der Waals surface area contributed by atoms with E-state index in [0.717, 1.165) is 63.1 Å². The van der Waals surface area contributed by atoms with Gasteiger partial charge >= 0.3 is 0 Å². The normalized spacial score (nSPS) is 20.6. The van der Waals surface area contributed by atoms with E-state index >= 15 is 0 Å². The molecule has 2 saturated heterocycles. The van der Waals surface area contributed by atoms with E-state index < -0.39 is 0 Å².